The highest BCUT2D eigenvalue weighted by Crippen LogP contribution is 2.22. The van der Waals surface area contributed by atoms with Crippen molar-refractivity contribution < 1.29 is 9.18 Å². The van der Waals surface area contributed by atoms with Gasteiger partial charge in [0.15, 0.2) is 0 Å². The Hall–Kier alpha value is -1.58. The number of hydrogen-bond acceptors (Lipinski definition) is 2. The van der Waals surface area contributed by atoms with E-state index in [0.29, 0.717) is 11.4 Å². The molecule has 0 fully saturated rings. The number of halogens is 1. The van der Waals surface area contributed by atoms with Crippen LogP contribution in [0, 0.1) is 11.7 Å². The van der Waals surface area contributed by atoms with Crippen molar-refractivity contribution in [3.05, 3.63) is 24.0 Å². The molecule has 4 heteroatoms. The number of nitrogens with two attached hydrogens (primary N) is 1. The first-order valence-electron chi connectivity index (χ1n) is 6.44. The van der Waals surface area contributed by atoms with E-state index in [0.717, 1.165) is 25.7 Å². The monoisotopic (exact) mass is 252 g/mol. The molecule has 3 nitrogen and oxygen atoms in total. The molecule has 0 unspecified atom stereocenters. The minimum absolute atomic E-state index is 0.0253. The van der Waals surface area contributed by atoms with Crippen molar-refractivity contribution in [1.29, 1.82) is 0 Å². The third kappa shape index (κ3) is 4.02. The normalized spacial score (nSPS) is 10.7. The Morgan fingerprint density at radius 3 is 2.50 bits per heavy atom. The van der Waals surface area contributed by atoms with Gasteiger partial charge in [0, 0.05) is 5.92 Å². The van der Waals surface area contributed by atoms with E-state index in [1.54, 1.807) is 0 Å². The smallest absolute Gasteiger partial charge is 0.227 e. The number of carbonyl (C=O) groups is 1. The van der Waals surface area contributed by atoms with Gasteiger partial charge in [-0.05, 0) is 31.0 Å². The number of amides is 1. The van der Waals surface area contributed by atoms with Crippen LogP contribution in [-0.4, -0.2) is 5.91 Å². The number of nitrogen functional groups attached to an aromatic ring is 1. The van der Waals surface area contributed by atoms with Crippen LogP contribution in [0.3, 0.4) is 0 Å². The molecule has 0 aliphatic heterocycles. The molecule has 1 aromatic rings. The second-order valence-electron chi connectivity index (χ2n) is 4.50. The molecule has 1 rings (SSSR count). The molecule has 1 amide bonds. The van der Waals surface area contributed by atoms with E-state index in [4.69, 9.17) is 5.73 Å². The van der Waals surface area contributed by atoms with Gasteiger partial charge in [-0.25, -0.2) is 4.39 Å². The predicted molar refractivity (Wildman–Crippen MR) is 72.7 cm³/mol. The molecule has 0 atom stereocenters. The van der Waals surface area contributed by atoms with Crippen LogP contribution in [0.2, 0.25) is 0 Å². The summed E-state index contributed by atoms with van der Waals surface area (Å²) < 4.78 is 13.1. The Balaban J connectivity index is 2.75. The minimum atomic E-state index is -0.401. The summed E-state index contributed by atoms with van der Waals surface area (Å²) in [5.74, 6) is -0.499. The van der Waals surface area contributed by atoms with Gasteiger partial charge in [0.05, 0.1) is 11.4 Å². The highest BCUT2D eigenvalue weighted by Gasteiger charge is 2.17. The molecule has 0 saturated carbocycles. The molecule has 0 bridgehead atoms. The SMILES string of the molecule is CCCC(CCC)C(=O)Nc1cc(F)ccc1N. The fourth-order valence-corrected chi connectivity index (χ4v) is 1.97. The average molecular weight is 252 g/mol. The zero-order valence-corrected chi connectivity index (χ0v) is 11.0. The molecule has 0 heterocycles. The molecule has 0 saturated heterocycles. The Morgan fingerprint density at radius 1 is 1.33 bits per heavy atom. The average Bonchev–Trinajstić information content (AvgIpc) is 2.33. The Bertz CT molecular complexity index is 401. The van der Waals surface area contributed by atoms with Crippen molar-refractivity contribution in [3.8, 4) is 0 Å². The quantitative estimate of drug-likeness (QED) is 0.760. The van der Waals surface area contributed by atoms with E-state index < -0.39 is 5.82 Å². The van der Waals surface area contributed by atoms with Crippen LogP contribution in [0.1, 0.15) is 39.5 Å². The molecular weight excluding hydrogens is 231 g/mol. The van der Waals surface area contributed by atoms with Gasteiger partial charge in [-0.15, -0.1) is 0 Å². The molecule has 0 aromatic heterocycles. The lowest BCUT2D eigenvalue weighted by molar-refractivity contribution is -0.120. The molecular formula is C14H21FN2O. The van der Waals surface area contributed by atoms with E-state index in [-0.39, 0.29) is 11.8 Å². The number of anilines is 2. The number of benzene rings is 1. The summed E-state index contributed by atoms with van der Waals surface area (Å²) in [6.07, 6.45) is 3.59. The summed E-state index contributed by atoms with van der Waals surface area (Å²) in [5, 5.41) is 2.72. The zero-order chi connectivity index (χ0) is 13.5. The van der Waals surface area contributed by atoms with E-state index in [1.807, 2.05) is 13.8 Å². The van der Waals surface area contributed by atoms with Crippen molar-refractivity contribution in [1.82, 2.24) is 0 Å². The number of hydrogen-bond donors (Lipinski definition) is 2. The van der Waals surface area contributed by atoms with Gasteiger partial charge in [0.1, 0.15) is 5.82 Å². The van der Waals surface area contributed by atoms with Crippen molar-refractivity contribution in [3.63, 3.8) is 0 Å². The lowest BCUT2D eigenvalue weighted by Gasteiger charge is -2.16. The molecule has 100 valence electrons. The van der Waals surface area contributed by atoms with Gasteiger partial charge in [-0.1, -0.05) is 26.7 Å². The molecule has 1 aromatic carbocycles. The molecule has 0 aliphatic rings. The van der Waals surface area contributed by atoms with Crippen LogP contribution in [-0.2, 0) is 4.79 Å². The molecule has 0 spiro atoms. The number of nitrogens with one attached hydrogen (secondary N) is 1. The van der Waals surface area contributed by atoms with E-state index >= 15 is 0 Å². The Kier molecular flexibility index (Phi) is 5.62. The van der Waals surface area contributed by atoms with Crippen LogP contribution in [0.4, 0.5) is 15.8 Å². The van der Waals surface area contributed by atoms with E-state index in [9.17, 15) is 9.18 Å². The fourth-order valence-electron chi connectivity index (χ4n) is 1.97. The van der Waals surface area contributed by atoms with Crippen LogP contribution in [0.15, 0.2) is 18.2 Å². The summed E-state index contributed by atoms with van der Waals surface area (Å²) >= 11 is 0. The summed E-state index contributed by atoms with van der Waals surface area (Å²) in [4.78, 5) is 12.1. The highest BCUT2D eigenvalue weighted by molar-refractivity contribution is 5.95. The van der Waals surface area contributed by atoms with Gasteiger partial charge >= 0.3 is 0 Å². The van der Waals surface area contributed by atoms with Crippen molar-refractivity contribution >= 4 is 17.3 Å². The van der Waals surface area contributed by atoms with Gasteiger partial charge in [0.2, 0.25) is 5.91 Å². The van der Waals surface area contributed by atoms with Gasteiger partial charge in [-0.2, -0.15) is 0 Å². The summed E-state index contributed by atoms with van der Waals surface area (Å²) in [6.45, 7) is 4.10. The molecule has 18 heavy (non-hydrogen) atoms. The second kappa shape index (κ2) is 6.99. The maximum atomic E-state index is 13.1. The van der Waals surface area contributed by atoms with Crippen molar-refractivity contribution in [2.75, 3.05) is 11.1 Å². The van der Waals surface area contributed by atoms with Gasteiger partial charge < -0.3 is 11.1 Å². The predicted octanol–water partition coefficient (Wildman–Crippen LogP) is 3.56. The van der Waals surface area contributed by atoms with Crippen LogP contribution < -0.4 is 11.1 Å². The highest BCUT2D eigenvalue weighted by atomic mass is 19.1. The van der Waals surface area contributed by atoms with E-state index in [2.05, 4.69) is 5.32 Å². The largest absolute Gasteiger partial charge is 0.397 e. The summed E-state index contributed by atoms with van der Waals surface area (Å²) in [5.41, 5.74) is 6.45. The van der Waals surface area contributed by atoms with Gasteiger partial charge in [0.25, 0.3) is 0 Å². The second-order valence-corrected chi connectivity index (χ2v) is 4.50. The first-order valence-corrected chi connectivity index (χ1v) is 6.44. The van der Waals surface area contributed by atoms with Gasteiger partial charge in [-0.3, -0.25) is 4.79 Å². The lowest BCUT2D eigenvalue weighted by Crippen LogP contribution is -2.23. The maximum Gasteiger partial charge on any atom is 0.227 e. The lowest BCUT2D eigenvalue weighted by atomic mass is 9.97. The van der Waals surface area contributed by atoms with Crippen molar-refractivity contribution in [2.24, 2.45) is 5.92 Å². The Morgan fingerprint density at radius 2 is 1.94 bits per heavy atom. The fraction of sp³-hybridized carbons (Fsp3) is 0.500. The summed E-state index contributed by atoms with van der Waals surface area (Å²) in [7, 11) is 0. The minimum Gasteiger partial charge on any atom is -0.397 e. The third-order valence-electron chi connectivity index (χ3n) is 2.92. The summed E-state index contributed by atoms with van der Waals surface area (Å²) in [6, 6.07) is 3.99. The number of carbonyl (C=O) groups excluding carboxylic acids is 1. The van der Waals surface area contributed by atoms with Crippen molar-refractivity contribution in [2.45, 2.75) is 39.5 Å². The first-order chi connectivity index (χ1) is 8.58. The first kappa shape index (κ1) is 14.5. The van der Waals surface area contributed by atoms with E-state index in [1.165, 1.54) is 18.2 Å². The molecule has 0 aliphatic carbocycles. The molecule has 3 N–H and O–H groups in total. The molecule has 0 radical (unpaired) electrons. The Labute approximate surface area is 108 Å². The van der Waals surface area contributed by atoms with Crippen LogP contribution in [0.25, 0.3) is 0 Å². The topological polar surface area (TPSA) is 55.1 Å². The zero-order valence-electron chi connectivity index (χ0n) is 11.0. The number of rotatable bonds is 6. The van der Waals surface area contributed by atoms with Crippen LogP contribution in [0.5, 0.6) is 0 Å². The standard InChI is InChI=1S/C14H21FN2O/c1-3-5-10(6-4-2)14(18)17-13-9-11(15)7-8-12(13)16/h7-10H,3-6,16H2,1-2H3,(H,17,18). The maximum absolute atomic E-state index is 13.1. The van der Waals surface area contributed by atoms with Crippen LogP contribution >= 0.6 is 0 Å². The third-order valence-corrected chi connectivity index (χ3v) is 2.92.